The molecule has 0 unspecified atom stereocenters. The van der Waals surface area contributed by atoms with Gasteiger partial charge in [0.2, 0.25) is 0 Å². The molecule has 6 N–H and O–H groups in total. The lowest BCUT2D eigenvalue weighted by molar-refractivity contribution is 0.0954. The number of halogens is 1. The summed E-state index contributed by atoms with van der Waals surface area (Å²) in [5.41, 5.74) is 17.0. The highest BCUT2D eigenvalue weighted by molar-refractivity contribution is 6.30. The second-order valence-corrected chi connectivity index (χ2v) is 5.82. The number of anilines is 3. The van der Waals surface area contributed by atoms with E-state index in [1.807, 2.05) is 0 Å². The maximum absolute atomic E-state index is 12.1. The van der Waals surface area contributed by atoms with E-state index >= 15 is 0 Å². The van der Waals surface area contributed by atoms with Gasteiger partial charge in [-0.1, -0.05) is 11.6 Å². The third kappa shape index (κ3) is 4.62. The maximum atomic E-state index is 12.1. The molecule has 0 bridgehead atoms. The van der Waals surface area contributed by atoms with Gasteiger partial charge < -0.3 is 5.73 Å². The fourth-order valence-electron chi connectivity index (χ4n) is 2.08. The summed E-state index contributed by atoms with van der Waals surface area (Å²) in [6.45, 7) is 0. The fourth-order valence-corrected chi connectivity index (χ4v) is 2.20. The van der Waals surface area contributed by atoms with E-state index in [1.54, 1.807) is 36.4 Å². The standard InChI is InChI=1S/C17H15ClN8O2/c18-12-3-1-10(2-4-12)16(27)25-23-14-13(19)15(22-9-21-14)24-26-17(28)11-5-7-20-8-6-11/h1-9H,19H2,(H,25,27)(H,26,28)(H2,21,22,23,24). The third-order valence-corrected chi connectivity index (χ3v) is 3.77. The summed E-state index contributed by atoms with van der Waals surface area (Å²) in [5.74, 6) is -0.500. The number of amides is 2. The Hall–Kier alpha value is -3.92. The minimum Gasteiger partial charge on any atom is -0.393 e. The second kappa shape index (κ2) is 8.64. The van der Waals surface area contributed by atoms with Crippen LogP contribution < -0.4 is 27.4 Å². The summed E-state index contributed by atoms with van der Waals surface area (Å²) in [7, 11) is 0. The zero-order valence-corrected chi connectivity index (χ0v) is 15.1. The molecule has 142 valence electrons. The molecule has 2 heterocycles. The first-order valence-electron chi connectivity index (χ1n) is 7.93. The van der Waals surface area contributed by atoms with Crippen molar-refractivity contribution in [2.75, 3.05) is 16.6 Å². The van der Waals surface area contributed by atoms with Crippen molar-refractivity contribution in [2.45, 2.75) is 0 Å². The summed E-state index contributed by atoms with van der Waals surface area (Å²) in [6.07, 6.45) is 4.22. The molecule has 0 atom stereocenters. The highest BCUT2D eigenvalue weighted by Gasteiger charge is 2.11. The van der Waals surface area contributed by atoms with Crippen LogP contribution in [0.3, 0.4) is 0 Å². The summed E-state index contributed by atoms with van der Waals surface area (Å²) in [6, 6.07) is 9.46. The molecule has 0 radical (unpaired) electrons. The van der Waals surface area contributed by atoms with E-state index in [0.29, 0.717) is 16.1 Å². The Morgan fingerprint density at radius 1 is 0.821 bits per heavy atom. The van der Waals surface area contributed by atoms with E-state index < -0.39 is 11.8 Å². The maximum Gasteiger partial charge on any atom is 0.269 e. The largest absolute Gasteiger partial charge is 0.393 e. The minimum atomic E-state index is -0.407. The number of hydrazine groups is 2. The van der Waals surface area contributed by atoms with Crippen LogP contribution in [0.5, 0.6) is 0 Å². The number of hydrogen-bond donors (Lipinski definition) is 5. The quantitative estimate of drug-likeness (QED) is 0.393. The van der Waals surface area contributed by atoms with Crippen LogP contribution in [0.15, 0.2) is 55.1 Å². The van der Waals surface area contributed by atoms with Crippen LogP contribution in [0.25, 0.3) is 0 Å². The third-order valence-electron chi connectivity index (χ3n) is 3.52. The van der Waals surface area contributed by atoms with Crippen LogP contribution in [0, 0.1) is 0 Å². The Labute approximate surface area is 164 Å². The molecule has 0 aliphatic carbocycles. The molecule has 0 saturated heterocycles. The molecule has 2 amide bonds. The molecule has 3 aromatic rings. The normalized spacial score (nSPS) is 10.0. The van der Waals surface area contributed by atoms with E-state index in [9.17, 15) is 9.59 Å². The van der Waals surface area contributed by atoms with Crippen molar-refractivity contribution in [1.29, 1.82) is 0 Å². The van der Waals surface area contributed by atoms with Crippen LogP contribution in [0.4, 0.5) is 17.3 Å². The van der Waals surface area contributed by atoms with Crippen molar-refractivity contribution in [3.63, 3.8) is 0 Å². The number of carbonyl (C=O) groups is 2. The lowest BCUT2D eigenvalue weighted by Gasteiger charge is -2.13. The zero-order valence-electron chi connectivity index (χ0n) is 14.3. The smallest absolute Gasteiger partial charge is 0.269 e. The van der Waals surface area contributed by atoms with Crippen LogP contribution in [-0.2, 0) is 0 Å². The van der Waals surface area contributed by atoms with Gasteiger partial charge in [0.25, 0.3) is 11.8 Å². The van der Waals surface area contributed by atoms with Gasteiger partial charge in [-0.25, -0.2) is 9.97 Å². The number of nitrogens with one attached hydrogen (secondary N) is 4. The number of benzene rings is 1. The number of carbonyl (C=O) groups excluding carboxylic acids is 2. The van der Waals surface area contributed by atoms with Gasteiger partial charge in [-0.05, 0) is 36.4 Å². The van der Waals surface area contributed by atoms with E-state index in [0.717, 1.165) is 0 Å². The molecule has 0 aliphatic rings. The summed E-state index contributed by atoms with van der Waals surface area (Å²) in [5, 5.41) is 0.522. The second-order valence-electron chi connectivity index (χ2n) is 5.39. The minimum absolute atomic E-state index is 0.0916. The van der Waals surface area contributed by atoms with Crippen molar-refractivity contribution in [3.8, 4) is 0 Å². The summed E-state index contributed by atoms with van der Waals surface area (Å²) in [4.78, 5) is 35.9. The van der Waals surface area contributed by atoms with Crippen molar-refractivity contribution in [3.05, 3.63) is 71.3 Å². The van der Waals surface area contributed by atoms with E-state index in [2.05, 4.69) is 36.7 Å². The first-order valence-corrected chi connectivity index (χ1v) is 8.31. The average molecular weight is 399 g/mol. The molecule has 2 aromatic heterocycles. The molecular formula is C17H15ClN8O2. The lowest BCUT2D eigenvalue weighted by atomic mass is 10.2. The molecule has 0 spiro atoms. The van der Waals surface area contributed by atoms with Crippen molar-refractivity contribution < 1.29 is 9.59 Å². The predicted octanol–water partition coefficient (Wildman–Crippen LogP) is 1.62. The summed E-state index contributed by atoms with van der Waals surface area (Å²) < 4.78 is 0. The van der Waals surface area contributed by atoms with Gasteiger partial charge >= 0.3 is 0 Å². The number of nitrogens with zero attached hydrogens (tertiary/aromatic N) is 3. The van der Waals surface area contributed by atoms with Crippen molar-refractivity contribution in [1.82, 2.24) is 25.8 Å². The van der Waals surface area contributed by atoms with Crippen LogP contribution in [-0.4, -0.2) is 26.8 Å². The highest BCUT2D eigenvalue weighted by atomic mass is 35.5. The molecule has 10 nitrogen and oxygen atoms in total. The van der Waals surface area contributed by atoms with Gasteiger partial charge in [-0.2, -0.15) is 0 Å². The van der Waals surface area contributed by atoms with Gasteiger partial charge in [0.15, 0.2) is 11.6 Å². The zero-order chi connectivity index (χ0) is 19.9. The molecule has 11 heteroatoms. The molecule has 28 heavy (non-hydrogen) atoms. The van der Waals surface area contributed by atoms with E-state index in [-0.39, 0.29) is 17.3 Å². The average Bonchev–Trinajstić information content (AvgIpc) is 2.73. The van der Waals surface area contributed by atoms with Crippen molar-refractivity contribution in [2.24, 2.45) is 0 Å². The van der Waals surface area contributed by atoms with Gasteiger partial charge in [0, 0.05) is 28.5 Å². The Kier molecular flexibility index (Phi) is 5.82. The Morgan fingerprint density at radius 3 is 1.86 bits per heavy atom. The molecular weight excluding hydrogens is 384 g/mol. The van der Waals surface area contributed by atoms with Crippen LogP contribution in [0.2, 0.25) is 5.02 Å². The Balaban J connectivity index is 1.61. The highest BCUT2D eigenvalue weighted by Crippen LogP contribution is 2.21. The topological polar surface area (TPSA) is 147 Å². The number of pyridine rings is 1. The molecule has 0 saturated carbocycles. The van der Waals surface area contributed by atoms with E-state index in [1.165, 1.54) is 18.7 Å². The van der Waals surface area contributed by atoms with Gasteiger partial charge in [0.1, 0.15) is 12.0 Å². The molecule has 3 rings (SSSR count). The number of aromatic nitrogens is 3. The molecule has 1 aromatic carbocycles. The van der Waals surface area contributed by atoms with Crippen LogP contribution in [0.1, 0.15) is 20.7 Å². The Morgan fingerprint density at radius 2 is 1.32 bits per heavy atom. The van der Waals surface area contributed by atoms with Gasteiger partial charge in [0.05, 0.1) is 0 Å². The Bertz CT molecular complexity index is 982. The molecule has 0 aliphatic heterocycles. The van der Waals surface area contributed by atoms with Crippen LogP contribution >= 0.6 is 11.6 Å². The monoisotopic (exact) mass is 398 g/mol. The fraction of sp³-hybridized carbons (Fsp3) is 0. The van der Waals surface area contributed by atoms with Gasteiger partial charge in [-0.3, -0.25) is 36.3 Å². The van der Waals surface area contributed by atoms with Gasteiger partial charge in [-0.15, -0.1) is 0 Å². The summed E-state index contributed by atoms with van der Waals surface area (Å²) >= 11 is 5.80. The predicted molar refractivity (Wildman–Crippen MR) is 104 cm³/mol. The number of rotatable bonds is 6. The molecule has 0 fully saturated rings. The van der Waals surface area contributed by atoms with Crippen molar-refractivity contribution >= 4 is 40.7 Å². The lowest BCUT2D eigenvalue weighted by Crippen LogP contribution is -2.32. The number of nitrogen functional groups attached to an aromatic ring is 1. The first-order chi connectivity index (χ1) is 13.5. The number of hydrogen-bond acceptors (Lipinski definition) is 8. The SMILES string of the molecule is Nc1c(NNC(=O)c2ccncc2)ncnc1NNC(=O)c1ccc(Cl)cc1. The first kappa shape index (κ1) is 18.9. The number of nitrogens with two attached hydrogens (primary N) is 1. The van der Waals surface area contributed by atoms with E-state index in [4.69, 9.17) is 17.3 Å².